The number of nitrogens with one attached hydrogen (secondary N) is 1. The fourth-order valence-corrected chi connectivity index (χ4v) is 6.74. The Kier molecular flexibility index (Phi) is 7.25. The highest BCUT2D eigenvalue weighted by molar-refractivity contribution is 5.82. The molecule has 1 saturated carbocycles. The van der Waals surface area contributed by atoms with E-state index >= 15 is 0 Å². The summed E-state index contributed by atoms with van der Waals surface area (Å²) in [6.07, 6.45) is 1.70. The molecule has 1 aliphatic carbocycles. The van der Waals surface area contributed by atoms with Crippen LogP contribution in [-0.4, -0.2) is 56.0 Å². The van der Waals surface area contributed by atoms with Gasteiger partial charge in [0, 0.05) is 32.9 Å². The van der Waals surface area contributed by atoms with Crippen molar-refractivity contribution < 1.29 is 24.1 Å². The number of piperidine rings is 1. The van der Waals surface area contributed by atoms with Crippen LogP contribution in [-0.2, 0) is 40.4 Å². The minimum atomic E-state index is -0.738. The lowest BCUT2D eigenvalue weighted by atomic mass is 9.93. The molecule has 3 aliphatic rings. The van der Waals surface area contributed by atoms with E-state index in [4.69, 9.17) is 19.2 Å². The Morgan fingerprint density at radius 1 is 1.15 bits per heavy atom. The lowest BCUT2D eigenvalue weighted by Crippen LogP contribution is -2.43. The molecule has 6 rings (SSSR count). The molecule has 3 heterocycles. The predicted octanol–water partition coefficient (Wildman–Crippen LogP) is 4.35. The molecule has 8 heteroatoms. The number of carboxylic acids is 1. The van der Waals surface area contributed by atoms with Crippen LogP contribution >= 0.6 is 0 Å². The number of methoxy groups -OCH3 is 2. The summed E-state index contributed by atoms with van der Waals surface area (Å²) in [4.78, 5) is 19.3. The number of aryl methyl sites for hydroxylation is 1. The smallest absolute Gasteiger partial charge is 0.312 e. The van der Waals surface area contributed by atoms with Crippen LogP contribution < -0.4 is 15.0 Å². The minimum Gasteiger partial charge on any atom is -0.488 e. The van der Waals surface area contributed by atoms with Gasteiger partial charge in [-0.3, -0.25) is 4.79 Å². The molecule has 3 aromatic rings. The highest BCUT2D eigenvalue weighted by Gasteiger charge is 2.71. The number of pyridine rings is 1. The van der Waals surface area contributed by atoms with Crippen molar-refractivity contribution in [2.45, 2.75) is 45.6 Å². The van der Waals surface area contributed by atoms with E-state index < -0.39 is 11.4 Å². The number of carbonyl (C=O) groups is 1. The number of carboxylic acid groups (broad SMARTS) is 1. The van der Waals surface area contributed by atoms with Gasteiger partial charge < -0.3 is 29.5 Å². The molecule has 40 heavy (non-hydrogen) atoms. The number of aromatic nitrogens is 1. The summed E-state index contributed by atoms with van der Waals surface area (Å²) in [5.74, 6) is 0.968. The monoisotopic (exact) mass is 543 g/mol. The molecule has 0 amide bonds. The van der Waals surface area contributed by atoms with Crippen LogP contribution in [0.25, 0.3) is 11.3 Å². The molecule has 0 spiro atoms. The molecule has 1 saturated heterocycles. The van der Waals surface area contributed by atoms with Gasteiger partial charge in [-0.2, -0.15) is 0 Å². The lowest BCUT2D eigenvalue weighted by molar-refractivity contribution is -0.144. The summed E-state index contributed by atoms with van der Waals surface area (Å²) >= 11 is 0. The van der Waals surface area contributed by atoms with E-state index in [0.717, 1.165) is 53.5 Å². The summed E-state index contributed by atoms with van der Waals surface area (Å²) in [6, 6.07) is 16.3. The van der Waals surface area contributed by atoms with Crippen molar-refractivity contribution in [3.63, 3.8) is 0 Å². The molecule has 1 aromatic heterocycles. The van der Waals surface area contributed by atoms with Crippen molar-refractivity contribution in [3.8, 4) is 17.0 Å². The standard InChI is InChI=1S/C32H37N3O5/c1-20-6-4-7-25(30(20)40-17-21-12-22-10-11-33-15-26(22)23(13-21)18-38-2)27-8-5-9-29(34-27)35-16-24-14-32(24,31(36)37)28(35)19-39-3/h4-9,12-13,24,28,33H,10-11,14-19H2,1-3H3,(H,36,37)/t24?,28-,32-/m1/s1. The third-order valence-corrected chi connectivity index (χ3v) is 8.83. The number of ether oxygens (including phenoxy) is 3. The Morgan fingerprint density at radius 3 is 2.80 bits per heavy atom. The lowest BCUT2D eigenvalue weighted by Gasteiger charge is -2.31. The van der Waals surface area contributed by atoms with E-state index in [-0.39, 0.29) is 12.0 Å². The van der Waals surface area contributed by atoms with Gasteiger partial charge in [0.25, 0.3) is 0 Å². The van der Waals surface area contributed by atoms with Crippen LogP contribution in [0.1, 0.15) is 34.2 Å². The normalized spacial score (nSPS) is 23.0. The van der Waals surface area contributed by atoms with Gasteiger partial charge in [-0.05, 0) is 84.3 Å². The van der Waals surface area contributed by atoms with Crippen LogP contribution in [0.4, 0.5) is 5.82 Å². The molecule has 2 fully saturated rings. The maximum Gasteiger partial charge on any atom is 0.312 e. The maximum atomic E-state index is 12.2. The van der Waals surface area contributed by atoms with Crippen molar-refractivity contribution >= 4 is 11.8 Å². The fraction of sp³-hybridized carbons (Fsp3) is 0.438. The Bertz CT molecular complexity index is 1430. The Labute approximate surface area is 235 Å². The summed E-state index contributed by atoms with van der Waals surface area (Å²) in [7, 11) is 3.36. The van der Waals surface area contributed by atoms with Crippen LogP contribution in [0.5, 0.6) is 5.75 Å². The molecule has 2 aromatic carbocycles. The first-order chi connectivity index (χ1) is 19.5. The Balaban J connectivity index is 1.28. The summed E-state index contributed by atoms with van der Waals surface area (Å²) in [5.41, 5.74) is 7.05. The molecule has 0 bridgehead atoms. The fourth-order valence-electron chi connectivity index (χ4n) is 6.74. The molecule has 3 atom stereocenters. The first-order valence-electron chi connectivity index (χ1n) is 14.0. The summed E-state index contributed by atoms with van der Waals surface area (Å²) < 4.78 is 17.5. The molecule has 210 valence electrons. The number of aliphatic carboxylic acids is 1. The second-order valence-electron chi connectivity index (χ2n) is 11.2. The number of benzene rings is 2. The number of anilines is 1. The van der Waals surface area contributed by atoms with E-state index in [1.54, 1.807) is 14.2 Å². The number of hydrogen-bond donors (Lipinski definition) is 2. The maximum absolute atomic E-state index is 12.2. The largest absolute Gasteiger partial charge is 0.488 e. The van der Waals surface area contributed by atoms with Crippen LogP contribution in [0, 0.1) is 18.3 Å². The SMILES string of the molecule is COCc1cc(COc2c(C)cccc2-c2cccc(N3CC4C[C@]4(C(=O)O)[C@H]3COC)n2)cc2c1CNCC2. The zero-order chi connectivity index (χ0) is 27.9. The highest BCUT2D eigenvalue weighted by atomic mass is 16.5. The Hall–Kier alpha value is -3.46. The number of para-hydroxylation sites is 1. The molecule has 8 nitrogen and oxygen atoms in total. The number of nitrogens with zero attached hydrogens (tertiary/aromatic N) is 2. The average molecular weight is 544 g/mol. The third-order valence-electron chi connectivity index (χ3n) is 8.83. The molecule has 2 aliphatic heterocycles. The van der Waals surface area contributed by atoms with E-state index in [9.17, 15) is 9.90 Å². The van der Waals surface area contributed by atoms with Crippen molar-refractivity contribution in [2.75, 3.05) is 38.8 Å². The molecular formula is C32H37N3O5. The first-order valence-corrected chi connectivity index (χ1v) is 14.0. The van der Waals surface area contributed by atoms with E-state index in [1.165, 1.54) is 16.7 Å². The van der Waals surface area contributed by atoms with E-state index in [0.29, 0.717) is 32.8 Å². The van der Waals surface area contributed by atoms with Gasteiger partial charge >= 0.3 is 5.97 Å². The van der Waals surface area contributed by atoms with Crippen molar-refractivity contribution in [1.82, 2.24) is 10.3 Å². The number of rotatable bonds is 10. The van der Waals surface area contributed by atoms with Crippen LogP contribution in [0.2, 0.25) is 0 Å². The van der Waals surface area contributed by atoms with Gasteiger partial charge in [0.05, 0.1) is 30.4 Å². The molecule has 0 radical (unpaired) electrons. The van der Waals surface area contributed by atoms with Crippen LogP contribution in [0.3, 0.4) is 0 Å². The minimum absolute atomic E-state index is 0.129. The number of hydrogen-bond acceptors (Lipinski definition) is 7. The quantitative estimate of drug-likeness (QED) is 0.390. The van der Waals surface area contributed by atoms with Gasteiger partial charge in [0.1, 0.15) is 18.2 Å². The first kappa shape index (κ1) is 26.7. The molecular weight excluding hydrogens is 506 g/mol. The van der Waals surface area contributed by atoms with Gasteiger partial charge in [0.15, 0.2) is 0 Å². The van der Waals surface area contributed by atoms with Gasteiger partial charge in [-0.25, -0.2) is 4.98 Å². The van der Waals surface area contributed by atoms with Gasteiger partial charge in [0.2, 0.25) is 0 Å². The van der Waals surface area contributed by atoms with Crippen LogP contribution in [0.15, 0.2) is 48.5 Å². The Morgan fingerprint density at radius 2 is 2.00 bits per heavy atom. The zero-order valence-corrected chi connectivity index (χ0v) is 23.4. The van der Waals surface area contributed by atoms with E-state index in [1.807, 2.05) is 30.3 Å². The highest BCUT2D eigenvalue weighted by Crippen LogP contribution is 2.62. The third kappa shape index (κ3) is 4.64. The van der Waals surface area contributed by atoms with Crippen molar-refractivity contribution in [2.24, 2.45) is 11.3 Å². The van der Waals surface area contributed by atoms with E-state index in [2.05, 4.69) is 35.3 Å². The average Bonchev–Trinajstić information content (AvgIpc) is 3.61. The second-order valence-corrected chi connectivity index (χ2v) is 11.2. The zero-order valence-electron chi connectivity index (χ0n) is 23.4. The van der Waals surface area contributed by atoms with Gasteiger partial charge in [-0.1, -0.05) is 24.3 Å². The number of fused-ring (bicyclic) bond motifs is 2. The summed E-state index contributed by atoms with van der Waals surface area (Å²) in [5, 5.41) is 13.5. The van der Waals surface area contributed by atoms with Crippen molar-refractivity contribution in [3.05, 3.63) is 76.3 Å². The molecule has 2 N–H and O–H groups in total. The predicted molar refractivity (Wildman–Crippen MR) is 152 cm³/mol. The van der Waals surface area contributed by atoms with Gasteiger partial charge in [-0.15, -0.1) is 0 Å². The second kappa shape index (κ2) is 10.8. The van der Waals surface area contributed by atoms with Crippen molar-refractivity contribution in [1.29, 1.82) is 0 Å². The summed E-state index contributed by atoms with van der Waals surface area (Å²) in [6.45, 7) is 5.95. The topological polar surface area (TPSA) is 93.2 Å². The molecule has 1 unspecified atom stereocenters.